The molecule has 186 valence electrons. The van der Waals surface area contributed by atoms with Crippen molar-refractivity contribution >= 4 is 5.78 Å². The molecule has 0 spiro atoms. The number of alkyl halides is 1. The molecule has 0 aliphatic heterocycles. The van der Waals surface area contributed by atoms with Crippen molar-refractivity contribution in [3.63, 3.8) is 0 Å². The minimum atomic E-state index is -1.05. The lowest BCUT2D eigenvalue weighted by Crippen LogP contribution is -2.53. The molecule has 0 aromatic carbocycles. The van der Waals surface area contributed by atoms with Crippen molar-refractivity contribution in [3.8, 4) is 0 Å². The number of halogens is 1. The number of aliphatic hydroxyl groups excluding tert-OH is 2. The predicted octanol–water partition coefficient (Wildman–Crippen LogP) is 5.90. The Morgan fingerprint density at radius 1 is 1.09 bits per heavy atom. The molecule has 3 saturated carbocycles. The fourth-order valence-electron chi connectivity index (χ4n) is 9.01. The van der Waals surface area contributed by atoms with E-state index in [-0.39, 0.29) is 28.4 Å². The highest BCUT2D eigenvalue weighted by Crippen LogP contribution is 2.67. The van der Waals surface area contributed by atoms with Gasteiger partial charge in [0.05, 0.1) is 12.2 Å². The Hall–Kier alpha value is -1.00. The van der Waals surface area contributed by atoms with Crippen LogP contribution in [0.3, 0.4) is 0 Å². The highest BCUT2D eigenvalue weighted by Gasteiger charge is 2.61. The molecule has 11 atom stereocenters. The third-order valence-electron chi connectivity index (χ3n) is 10.9. The standard InChI is InChI=1S/C29H45FO3/c1-7-19(16(2)3)27(33)26(32)17(4)21-8-9-22-20-15-25(30)24-14-18(31)10-12-29(24,6)23(20)11-13-28(21,22)5/h10,12,14,16-17,19-23,25-27,32-33H,7-9,11,13,15H2,1-6H3/t17?,19-,20?,21+,22?,23?,25+,26-,27-,28+,29+/m0/s1. The first-order valence-corrected chi connectivity index (χ1v) is 13.4. The van der Waals surface area contributed by atoms with E-state index in [9.17, 15) is 15.0 Å². The van der Waals surface area contributed by atoms with E-state index in [1.165, 1.54) is 0 Å². The normalized spacial score (nSPS) is 43.9. The molecule has 4 aliphatic rings. The summed E-state index contributed by atoms with van der Waals surface area (Å²) in [6.45, 7) is 13.0. The lowest BCUT2D eigenvalue weighted by atomic mass is 9.47. The zero-order chi connectivity index (χ0) is 24.3. The van der Waals surface area contributed by atoms with Gasteiger partial charge in [-0.05, 0) is 96.7 Å². The number of ketones is 1. The summed E-state index contributed by atoms with van der Waals surface area (Å²) in [6.07, 6.45) is 8.30. The Bertz CT molecular complexity index is 818. The number of rotatable bonds is 6. The van der Waals surface area contributed by atoms with Gasteiger partial charge in [0.25, 0.3) is 0 Å². The Balaban J connectivity index is 1.57. The number of hydrogen-bond donors (Lipinski definition) is 2. The Labute approximate surface area is 199 Å². The van der Waals surface area contributed by atoms with Gasteiger partial charge in [0.1, 0.15) is 6.17 Å². The molecule has 4 rings (SSSR count). The van der Waals surface area contributed by atoms with Crippen molar-refractivity contribution < 1.29 is 19.4 Å². The molecule has 4 heteroatoms. The van der Waals surface area contributed by atoms with Gasteiger partial charge in [0.15, 0.2) is 5.78 Å². The van der Waals surface area contributed by atoms with Crippen LogP contribution >= 0.6 is 0 Å². The van der Waals surface area contributed by atoms with Crippen LogP contribution in [0.25, 0.3) is 0 Å². The first-order chi connectivity index (χ1) is 15.5. The average Bonchev–Trinajstić information content (AvgIpc) is 3.11. The van der Waals surface area contributed by atoms with Crippen molar-refractivity contribution in [2.75, 3.05) is 0 Å². The first kappa shape index (κ1) is 25.1. The van der Waals surface area contributed by atoms with E-state index < -0.39 is 18.4 Å². The van der Waals surface area contributed by atoms with Crippen LogP contribution in [-0.4, -0.2) is 34.4 Å². The van der Waals surface area contributed by atoms with Crippen molar-refractivity contribution in [2.45, 2.75) is 98.4 Å². The quantitative estimate of drug-likeness (QED) is 0.519. The monoisotopic (exact) mass is 460 g/mol. The van der Waals surface area contributed by atoms with Gasteiger partial charge in [-0.1, -0.05) is 54.0 Å². The Morgan fingerprint density at radius 2 is 1.79 bits per heavy atom. The predicted molar refractivity (Wildman–Crippen MR) is 130 cm³/mol. The van der Waals surface area contributed by atoms with Gasteiger partial charge in [0, 0.05) is 5.41 Å². The number of carbonyl (C=O) groups excluding carboxylic acids is 1. The van der Waals surface area contributed by atoms with E-state index in [0.717, 1.165) is 32.1 Å². The molecule has 0 saturated heterocycles. The van der Waals surface area contributed by atoms with E-state index in [0.29, 0.717) is 41.6 Å². The molecule has 4 aliphatic carbocycles. The molecule has 0 radical (unpaired) electrons. The molecular weight excluding hydrogens is 415 g/mol. The molecule has 0 heterocycles. The van der Waals surface area contributed by atoms with Gasteiger partial charge in [-0.2, -0.15) is 0 Å². The summed E-state index contributed by atoms with van der Waals surface area (Å²) < 4.78 is 15.5. The third kappa shape index (κ3) is 3.88. The lowest BCUT2D eigenvalue weighted by molar-refractivity contribution is -0.112. The summed E-state index contributed by atoms with van der Waals surface area (Å²) in [5.41, 5.74) is 0.398. The van der Waals surface area contributed by atoms with Crippen LogP contribution in [0.1, 0.15) is 80.1 Å². The average molecular weight is 461 g/mol. The molecule has 3 fully saturated rings. The van der Waals surface area contributed by atoms with Crippen molar-refractivity contribution in [1.29, 1.82) is 0 Å². The fraction of sp³-hybridized carbons (Fsp3) is 0.828. The van der Waals surface area contributed by atoms with Gasteiger partial charge in [-0.15, -0.1) is 0 Å². The summed E-state index contributed by atoms with van der Waals surface area (Å²) in [5.74, 6) is 1.80. The molecule has 3 nitrogen and oxygen atoms in total. The van der Waals surface area contributed by atoms with Gasteiger partial charge in [-0.25, -0.2) is 4.39 Å². The van der Waals surface area contributed by atoms with Gasteiger partial charge in [0.2, 0.25) is 0 Å². The van der Waals surface area contributed by atoms with Crippen LogP contribution in [0, 0.1) is 52.3 Å². The van der Waals surface area contributed by atoms with E-state index in [4.69, 9.17) is 0 Å². The largest absolute Gasteiger partial charge is 0.390 e. The number of fused-ring (bicyclic) bond motifs is 5. The summed E-state index contributed by atoms with van der Waals surface area (Å²) in [5, 5.41) is 22.3. The highest BCUT2D eigenvalue weighted by molar-refractivity contribution is 6.01. The number of carbonyl (C=O) groups is 1. The maximum Gasteiger partial charge on any atom is 0.178 e. The molecule has 0 bridgehead atoms. The Morgan fingerprint density at radius 3 is 2.42 bits per heavy atom. The topological polar surface area (TPSA) is 57.5 Å². The second-order valence-corrected chi connectivity index (χ2v) is 12.6. The minimum absolute atomic E-state index is 0.0161. The van der Waals surface area contributed by atoms with E-state index in [1.807, 2.05) is 6.08 Å². The van der Waals surface area contributed by atoms with Crippen LogP contribution in [0.15, 0.2) is 23.8 Å². The van der Waals surface area contributed by atoms with Crippen LogP contribution in [0.5, 0.6) is 0 Å². The molecule has 2 N–H and O–H groups in total. The van der Waals surface area contributed by atoms with E-state index in [2.05, 4.69) is 41.5 Å². The van der Waals surface area contributed by atoms with Crippen molar-refractivity contribution in [1.82, 2.24) is 0 Å². The molecule has 0 amide bonds. The van der Waals surface area contributed by atoms with E-state index >= 15 is 4.39 Å². The van der Waals surface area contributed by atoms with E-state index in [1.54, 1.807) is 12.2 Å². The molecule has 0 aromatic rings. The van der Waals surface area contributed by atoms with Crippen LogP contribution in [-0.2, 0) is 4.79 Å². The van der Waals surface area contributed by atoms with Crippen LogP contribution in [0.4, 0.5) is 4.39 Å². The molecule has 0 aromatic heterocycles. The molecule has 33 heavy (non-hydrogen) atoms. The van der Waals surface area contributed by atoms with Gasteiger partial charge >= 0.3 is 0 Å². The molecular formula is C29H45FO3. The smallest absolute Gasteiger partial charge is 0.178 e. The zero-order valence-electron chi connectivity index (χ0n) is 21.4. The number of aliphatic hydroxyl groups is 2. The van der Waals surface area contributed by atoms with Crippen LogP contribution in [0.2, 0.25) is 0 Å². The fourth-order valence-corrected chi connectivity index (χ4v) is 9.01. The second kappa shape index (κ2) is 8.90. The summed E-state index contributed by atoms with van der Waals surface area (Å²) >= 11 is 0. The number of hydrogen-bond acceptors (Lipinski definition) is 3. The minimum Gasteiger partial charge on any atom is -0.390 e. The van der Waals surface area contributed by atoms with Gasteiger partial charge < -0.3 is 10.2 Å². The lowest BCUT2D eigenvalue weighted by Gasteiger charge is -2.58. The highest BCUT2D eigenvalue weighted by atomic mass is 19.1. The first-order valence-electron chi connectivity index (χ1n) is 13.4. The second-order valence-electron chi connectivity index (χ2n) is 12.6. The summed E-state index contributed by atoms with van der Waals surface area (Å²) in [4.78, 5) is 12.0. The maximum absolute atomic E-state index is 15.5. The SMILES string of the molecule is CC[C@@H](C(C)C)[C@H](O)[C@@H](O)C(C)[C@H]1CCC2C3C[C@@H](F)C4=CC(=O)C=C[C@]4(C)C3CC[C@@]21C. The van der Waals surface area contributed by atoms with Crippen LogP contribution < -0.4 is 0 Å². The Kier molecular flexibility index (Phi) is 6.77. The van der Waals surface area contributed by atoms with Crippen molar-refractivity contribution in [2.24, 2.45) is 52.3 Å². The molecule has 4 unspecified atom stereocenters. The van der Waals surface area contributed by atoms with Gasteiger partial charge in [-0.3, -0.25) is 4.79 Å². The third-order valence-corrected chi connectivity index (χ3v) is 10.9. The maximum atomic E-state index is 15.5. The number of allylic oxidation sites excluding steroid dienone is 4. The zero-order valence-corrected chi connectivity index (χ0v) is 21.4. The summed E-state index contributed by atoms with van der Waals surface area (Å²) in [7, 11) is 0. The summed E-state index contributed by atoms with van der Waals surface area (Å²) in [6, 6.07) is 0. The van der Waals surface area contributed by atoms with Crippen molar-refractivity contribution in [3.05, 3.63) is 23.8 Å².